The summed E-state index contributed by atoms with van der Waals surface area (Å²) < 4.78 is 6.32. The lowest BCUT2D eigenvalue weighted by Gasteiger charge is -2.35. The van der Waals surface area contributed by atoms with Crippen molar-refractivity contribution in [3.05, 3.63) is 36.0 Å². The molecule has 1 aromatic rings. The summed E-state index contributed by atoms with van der Waals surface area (Å²) >= 11 is 0. The summed E-state index contributed by atoms with van der Waals surface area (Å²) in [5, 5.41) is 8.71. The van der Waals surface area contributed by atoms with E-state index in [1.807, 2.05) is 84.8 Å². The fourth-order valence-electron chi connectivity index (χ4n) is 4.42. The van der Waals surface area contributed by atoms with Gasteiger partial charge in [0.15, 0.2) is 0 Å². The van der Waals surface area contributed by atoms with E-state index < -0.39 is 30.1 Å². The predicted molar refractivity (Wildman–Crippen MR) is 143 cm³/mol. The van der Waals surface area contributed by atoms with Crippen molar-refractivity contribution in [2.24, 2.45) is 17.8 Å². The first-order chi connectivity index (χ1) is 17.0. The molecule has 0 radical (unpaired) electrons. The summed E-state index contributed by atoms with van der Waals surface area (Å²) in [7, 11) is 3.72. The molecule has 3 rings (SSSR count). The van der Waals surface area contributed by atoms with Gasteiger partial charge < -0.3 is 20.7 Å². The maximum absolute atomic E-state index is 13.8. The number of likely N-dealkylation sites (N-methyl/N-ethyl adjacent to an activating group) is 1. The van der Waals surface area contributed by atoms with Gasteiger partial charge in [-0.25, -0.2) is 0 Å². The third-order valence-electron chi connectivity index (χ3n) is 7.02. The predicted octanol–water partition coefficient (Wildman–Crippen LogP) is 3.18. The van der Waals surface area contributed by atoms with E-state index in [2.05, 4.69) is 16.0 Å². The van der Waals surface area contributed by atoms with Crippen molar-refractivity contribution in [2.45, 2.75) is 78.6 Å². The van der Waals surface area contributed by atoms with Crippen LogP contribution >= 0.6 is 0 Å². The molecule has 0 fully saturated rings. The number of rotatable bonds is 8. The first-order valence-electron chi connectivity index (χ1n) is 13.0. The number of ether oxygens (including phenoxy) is 1. The number of carbonyl (C=O) groups is 3. The summed E-state index contributed by atoms with van der Waals surface area (Å²) in [5.41, 5.74) is 0.900. The Labute approximate surface area is 216 Å². The maximum atomic E-state index is 13.8. The first-order valence-corrected chi connectivity index (χ1v) is 13.0. The topological polar surface area (TPSA) is 99.8 Å². The third-order valence-corrected chi connectivity index (χ3v) is 7.02. The molecule has 0 aliphatic carbocycles. The summed E-state index contributed by atoms with van der Waals surface area (Å²) in [4.78, 5) is 42.2. The average Bonchev–Trinajstić information content (AvgIpc) is 2.83. The lowest BCUT2D eigenvalue weighted by Crippen LogP contribution is -2.62. The van der Waals surface area contributed by atoms with E-state index in [1.165, 1.54) is 0 Å². The zero-order valence-corrected chi connectivity index (χ0v) is 23.0. The quantitative estimate of drug-likeness (QED) is 0.509. The van der Waals surface area contributed by atoms with Gasteiger partial charge in [0, 0.05) is 6.20 Å². The minimum absolute atomic E-state index is 0.0814. The second kappa shape index (κ2) is 13.4. The van der Waals surface area contributed by atoms with Crippen LogP contribution in [0, 0.1) is 17.8 Å². The highest BCUT2D eigenvalue weighted by atomic mass is 16.5. The Morgan fingerprint density at radius 1 is 1.03 bits per heavy atom. The van der Waals surface area contributed by atoms with Crippen molar-refractivity contribution in [3.8, 4) is 5.75 Å². The highest BCUT2D eigenvalue weighted by Gasteiger charge is 2.39. The molecule has 2 aliphatic rings. The molecule has 8 heteroatoms. The van der Waals surface area contributed by atoms with Crippen molar-refractivity contribution in [1.29, 1.82) is 0 Å². The van der Waals surface area contributed by atoms with Gasteiger partial charge in [-0.3, -0.25) is 19.3 Å². The van der Waals surface area contributed by atoms with Gasteiger partial charge in [0.25, 0.3) is 0 Å². The van der Waals surface area contributed by atoms with Gasteiger partial charge in [0.05, 0.1) is 6.04 Å². The van der Waals surface area contributed by atoms with Crippen LogP contribution in [0.1, 0.15) is 59.9 Å². The molecule has 0 spiro atoms. The average molecular weight is 501 g/mol. The van der Waals surface area contributed by atoms with Gasteiger partial charge in [0.1, 0.15) is 23.9 Å². The van der Waals surface area contributed by atoms with E-state index >= 15 is 0 Å². The smallest absolute Gasteiger partial charge is 0.247 e. The van der Waals surface area contributed by atoms with Crippen LogP contribution in [-0.4, -0.2) is 60.9 Å². The molecule has 1 aromatic carbocycles. The molecule has 2 aliphatic heterocycles. The second-order valence-electron chi connectivity index (χ2n) is 10.4. The molecule has 0 saturated carbocycles. The van der Waals surface area contributed by atoms with E-state index in [1.54, 1.807) is 12.3 Å². The number of hydrogen-bond acceptors (Lipinski definition) is 5. The maximum Gasteiger partial charge on any atom is 0.247 e. The Hall–Kier alpha value is -2.87. The van der Waals surface area contributed by atoms with Gasteiger partial charge in [0.2, 0.25) is 17.7 Å². The molecule has 200 valence electrons. The molecule has 6 unspecified atom stereocenters. The zero-order valence-electron chi connectivity index (χ0n) is 23.0. The Morgan fingerprint density at radius 2 is 1.67 bits per heavy atom. The van der Waals surface area contributed by atoms with Crippen LogP contribution < -0.4 is 20.7 Å². The van der Waals surface area contributed by atoms with Crippen LogP contribution in [0.3, 0.4) is 0 Å². The first kappa shape index (κ1) is 29.4. The fourth-order valence-corrected chi connectivity index (χ4v) is 4.42. The molecule has 0 saturated heterocycles. The normalized spacial score (nSPS) is 23.3. The molecular weight excluding hydrogens is 456 g/mol. The van der Waals surface area contributed by atoms with Crippen molar-refractivity contribution in [1.82, 2.24) is 20.9 Å². The highest BCUT2D eigenvalue weighted by molar-refractivity contribution is 5.94. The van der Waals surface area contributed by atoms with Crippen LogP contribution in [0.15, 0.2) is 30.5 Å². The second-order valence-corrected chi connectivity index (χ2v) is 10.4. The lowest BCUT2D eigenvalue weighted by atomic mass is 9.93. The van der Waals surface area contributed by atoms with Gasteiger partial charge in [-0.1, -0.05) is 66.5 Å². The number of nitrogens with zero attached hydrogens (tertiary/aromatic N) is 1. The zero-order chi connectivity index (χ0) is 27.0. The molecular formula is C28H44N4O4. The lowest BCUT2D eigenvalue weighted by molar-refractivity contribution is -0.137. The van der Waals surface area contributed by atoms with Gasteiger partial charge in [-0.05, 0) is 55.6 Å². The van der Waals surface area contributed by atoms with Crippen molar-refractivity contribution in [2.75, 3.05) is 14.1 Å². The fraction of sp³-hybridized carbons (Fsp3) is 0.607. The van der Waals surface area contributed by atoms with Gasteiger partial charge in [-0.2, -0.15) is 0 Å². The molecule has 2 heterocycles. The summed E-state index contributed by atoms with van der Waals surface area (Å²) in [6.07, 6.45) is 4.23. The van der Waals surface area contributed by atoms with Gasteiger partial charge in [-0.15, -0.1) is 0 Å². The van der Waals surface area contributed by atoms with E-state index in [-0.39, 0.29) is 29.6 Å². The number of fused-ring (bicyclic) bond motifs is 10. The van der Waals surface area contributed by atoms with Crippen molar-refractivity contribution < 1.29 is 19.1 Å². The monoisotopic (exact) mass is 500 g/mol. The van der Waals surface area contributed by atoms with Crippen LogP contribution in [0.25, 0.3) is 6.08 Å². The number of carbonyl (C=O) groups excluding carboxylic acids is 3. The minimum atomic E-state index is -0.999. The van der Waals surface area contributed by atoms with E-state index in [4.69, 9.17) is 4.74 Å². The van der Waals surface area contributed by atoms with Gasteiger partial charge >= 0.3 is 0 Å². The Morgan fingerprint density at radius 3 is 2.19 bits per heavy atom. The van der Waals surface area contributed by atoms with E-state index in [0.29, 0.717) is 12.2 Å². The van der Waals surface area contributed by atoms with Crippen molar-refractivity contribution in [3.63, 3.8) is 0 Å². The van der Waals surface area contributed by atoms with Crippen molar-refractivity contribution >= 4 is 23.8 Å². The number of benzene rings is 1. The summed E-state index contributed by atoms with van der Waals surface area (Å²) in [5.74, 6) is -0.528. The molecule has 3 N–H and O–H groups in total. The summed E-state index contributed by atoms with van der Waals surface area (Å²) in [6, 6.07) is 5.23. The molecule has 3 amide bonds. The Kier molecular flexibility index (Phi) is 11.0. The molecule has 6 atom stereocenters. The van der Waals surface area contributed by atoms with Crippen LogP contribution in [0.2, 0.25) is 0 Å². The van der Waals surface area contributed by atoms with Crippen LogP contribution in [-0.2, 0) is 14.4 Å². The third kappa shape index (κ3) is 7.56. The Balaban J connectivity index is 2.54. The molecule has 0 aromatic heterocycles. The molecule has 8 nitrogen and oxygen atoms in total. The SMILES string of the molecule is CCC(C)C1NC(=O)C(NC(=O)C(C(C)CC)N(C)C)C(C(C)C)Oc2ccc(cc2)C=CNC1=O. The summed E-state index contributed by atoms with van der Waals surface area (Å²) in [6.45, 7) is 11.9. The largest absolute Gasteiger partial charge is 0.487 e. The number of hydrogen-bond donors (Lipinski definition) is 3. The number of amides is 3. The van der Waals surface area contributed by atoms with E-state index in [0.717, 1.165) is 12.0 Å². The molecule has 2 bridgehead atoms. The van der Waals surface area contributed by atoms with Crippen LogP contribution in [0.4, 0.5) is 0 Å². The minimum Gasteiger partial charge on any atom is -0.487 e. The highest BCUT2D eigenvalue weighted by Crippen LogP contribution is 2.22. The van der Waals surface area contributed by atoms with Crippen LogP contribution in [0.5, 0.6) is 5.75 Å². The molecule has 36 heavy (non-hydrogen) atoms. The Bertz CT molecular complexity index is 913. The van der Waals surface area contributed by atoms with E-state index in [9.17, 15) is 14.4 Å². The number of nitrogens with one attached hydrogen (secondary N) is 3. The standard InChI is InChI=1S/C28H44N4O4/c1-9-18(5)22-26(33)29-16-15-20-11-13-21(14-12-20)36-25(17(3)4)23(27(34)30-22)31-28(35)24(32(7)8)19(6)10-2/h11-19,22-25H,9-10H2,1-8H3,(H,29,33)(H,30,34)(H,31,35).